The molecule has 2 fully saturated rings. The smallest absolute Gasteiger partial charge is 0.305 e. The van der Waals surface area contributed by atoms with Crippen molar-refractivity contribution in [2.24, 2.45) is 23.3 Å². The number of aromatic amines is 1. The van der Waals surface area contributed by atoms with Gasteiger partial charge in [-0.25, -0.2) is 0 Å². The number of phenols is 1. The predicted molar refractivity (Wildman–Crippen MR) is 345 cm³/mol. The van der Waals surface area contributed by atoms with Gasteiger partial charge in [-0.3, -0.25) is 57.5 Å². The van der Waals surface area contributed by atoms with Crippen LogP contribution in [0.15, 0.2) is 115 Å². The number of benzene rings is 4. The molecule has 1 aromatic heterocycles. The minimum absolute atomic E-state index is 0.0297. The van der Waals surface area contributed by atoms with Gasteiger partial charge in [-0.15, -0.1) is 0 Å². The fourth-order valence-corrected chi connectivity index (χ4v) is 11.5. The number of carbonyl (C=O) groups is 12. The molecule has 2 unspecified atom stereocenters. The van der Waals surface area contributed by atoms with Crippen molar-refractivity contribution in [2.45, 2.75) is 159 Å². The molecule has 5 aromatic rings. The number of nitrogens with zero attached hydrogens (tertiary/aromatic N) is 1. The number of para-hydroxylation sites is 1. The molecule has 0 spiro atoms. The Bertz CT molecular complexity index is 3510. The molecule has 27 nitrogen and oxygen atoms in total. The number of hydrogen-bond donors (Lipinski definition) is 14. The van der Waals surface area contributed by atoms with Gasteiger partial charge >= 0.3 is 5.97 Å². The van der Waals surface area contributed by atoms with Crippen LogP contribution in [0.5, 0.6) is 5.75 Å². The molecule has 11 amide bonds. The van der Waals surface area contributed by atoms with Crippen LogP contribution in [-0.4, -0.2) is 165 Å². The van der Waals surface area contributed by atoms with Gasteiger partial charge in [0, 0.05) is 49.3 Å². The average molecular weight is 1300 g/mol. The summed E-state index contributed by atoms with van der Waals surface area (Å²) in [5, 5.41) is 44.9. The third kappa shape index (κ3) is 20.4. The molecule has 3 heterocycles. The number of hydrogen-bond acceptors (Lipinski definition) is 14. The normalized spacial score (nSPS) is 23.8. The summed E-state index contributed by atoms with van der Waals surface area (Å²) in [4.78, 5) is 177. The number of H-pyrrole nitrogens is 1. The van der Waals surface area contributed by atoms with Gasteiger partial charge in [0.2, 0.25) is 65.0 Å². The van der Waals surface area contributed by atoms with Crippen LogP contribution in [0.3, 0.4) is 0 Å². The maximum atomic E-state index is 15.2. The number of carboxylic acids is 1. The zero-order valence-electron chi connectivity index (χ0n) is 53.0. The number of phenolic OH excluding ortho intramolecular Hbond substituents is 1. The number of rotatable bonds is 18. The SMILES string of the molecule is CC(C)C[C@H]1NC(=O)[C@@H](CCCN)NC(=O)[C@@H](C(C)C)NC(=O)[C@H](Cc2c[nH]c3ccccc23)NC(=O)[C@@H](CC(=O)O)NC(=O)[C@@H](CC(N)=O)NC(=O)C(Cc2ccccc2)NC(=O)C(Cc2ccccc2)NC(=O)[C@H]2CCCN2C(=O)[C@H](Cc2ccc(O)cc2)NC1=O. The Morgan fingerprint density at radius 1 is 0.521 bits per heavy atom. The number of carboxylic acid groups (broad SMARTS) is 1. The molecule has 0 saturated carbocycles. The Morgan fingerprint density at radius 3 is 1.54 bits per heavy atom. The molecule has 2 aliphatic rings. The third-order valence-electron chi connectivity index (χ3n) is 16.4. The second-order valence-electron chi connectivity index (χ2n) is 24.6. The fourth-order valence-electron chi connectivity index (χ4n) is 11.5. The van der Waals surface area contributed by atoms with E-state index >= 15 is 4.79 Å². The molecule has 0 bridgehead atoms. The molecule has 10 atom stereocenters. The number of primary amides is 1. The predicted octanol–water partition coefficient (Wildman–Crippen LogP) is 0.303. The van der Waals surface area contributed by atoms with E-state index in [1.807, 2.05) is 0 Å². The van der Waals surface area contributed by atoms with Crippen LogP contribution in [0.4, 0.5) is 0 Å². The molecule has 4 aromatic carbocycles. The van der Waals surface area contributed by atoms with Crippen LogP contribution in [0.1, 0.15) is 94.9 Å². The third-order valence-corrected chi connectivity index (χ3v) is 16.4. The number of fused-ring (bicyclic) bond motifs is 2. The van der Waals surface area contributed by atoms with Crippen molar-refractivity contribution in [3.05, 3.63) is 138 Å². The summed E-state index contributed by atoms with van der Waals surface area (Å²) in [5.74, 6) is -13.1. The van der Waals surface area contributed by atoms with Crippen LogP contribution in [0.2, 0.25) is 0 Å². The van der Waals surface area contributed by atoms with E-state index in [1.165, 1.54) is 17.0 Å². The molecule has 94 heavy (non-hydrogen) atoms. The summed E-state index contributed by atoms with van der Waals surface area (Å²) in [7, 11) is 0. The van der Waals surface area contributed by atoms with Gasteiger partial charge in [0.15, 0.2) is 0 Å². The summed E-state index contributed by atoms with van der Waals surface area (Å²) in [5.41, 5.74) is 14.3. The van der Waals surface area contributed by atoms with Crippen LogP contribution in [0.25, 0.3) is 10.9 Å². The van der Waals surface area contributed by atoms with Gasteiger partial charge in [-0.05, 0) is 90.9 Å². The molecule has 0 radical (unpaired) electrons. The number of aromatic hydroxyl groups is 1. The molecule has 0 aliphatic carbocycles. The van der Waals surface area contributed by atoms with Crippen molar-refractivity contribution in [2.75, 3.05) is 13.1 Å². The van der Waals surface area contributed by atoms with E-state index in [0.717, 1.165) is 0 Å². The molecule has 2 saturated heterocycles. The number of nitrogens with one attached hydrogen (secondary N) is 10. The molecular weight excluding hydrogens is 1210 g/mol. The van der Waals surface area contributed by atoms with Crippen molar-refractivity contribution in [3.63, 3.8) is 0 Å². The maximum Gasteiger partial charge on any atom is 0.305 e. The quantitative estimate of drug-likeness (QED) is 0.0561. The lowest BCUT2D eigenvalue weighted by molar-refractivity contribution is -0.142. The Balaban J connectivity index is 1.32. The van der Waals surface area contributed by atoms with Crippen molar-refractivity contribution < 1.29 is 67.7 Å². The zero-order chi connectivity index (χ0) is 68.2. The van der Waals surface area contributed by atoms with E-state index in [0.29, 0.717) is 39.6 Å². The van der Waals surface area contributed by atoms with Gasteiger partial charge in [-0.1, -0.05) is 119 Å². The number of aromatic nitrogens is 1. The number of nitrogens with two attached hydrogens (primary N) is 2. The Labute approximate surface area is 543 Å². The first kappa shape index (κ1) is 71.3. The van der Waals surface area contributed by atoms with Crippen LogP contribution < -0.4 is 59.3 Å². The summed E-state index contributed by atoms with van der Waals surface area (Å²) < 4.78 is 0. The number of aliphatic carboxylic acids is 1. The fraction of sp³-hybridized carbons (Fsp3) is 0.433. The van der Waals surface area contributed by atoms with E-state index in [-0.39, 0.29) is 76.1 Å². The first-order valence-corrected chi connectivity index (χ1v) is 31.5. The van der Waals surface area contributed by atoms with E-state index in [2.05, 4.69) is 52.8 Å². The second-order valence-corrected chi connectivity index (χ2v) is 24.6. The number of carbonyl (C=O) groups excluding carboxylic acids is 11. The summed E-state index contributed by atoms with van der Waals surface area (Å²) in [6, 6.07) is 14.5. The molecule has 16 N–H and O–H groups in total. The highest BCUT2D eigenvalue weighted by atomic mass is 16.4. The van der Waals surface area contributed by atoms with Gasteiger partial charge in [0.1, 0.15) is 66.2 Å². The lowest BCUT2D eigenvalue weighted by Crippen LogP contribution is -2.62. The van der Waals surface area contributed by atoms with Crippen molar-refractivity contribution in [1.29, 1.82) is 0 Å². The molecular formula is C67H85N13O14. The van der Waals surface area contributed by atoms with Crippen molar-refractivity contribution in [3.8, 4) is 5.75 Å². The van der Waals surface area contributed by atoms with Crippen molar-refractivity contribution in [1.82, 2.24) is 57.7 Å². The molecule has 2 aliphatic heterocycles. The van der Waals surface area contributed by atoms with Crippen LogP contribution >= 0.6 is 0 Å². The maximum absolute atomic E-state index is 15.2. The molecule has 7 rings (SSSR count). The standard InChI is InChI=1S/C67H85N13O14/c1-37(2)29-47-59(86)78-53(32-41-23-25-43(81)26-24-41)67(94)80-28-14-22-54(80)65(92)77-49(31-40-17-9-6-10-18-40)61(88)73-48(30-39-15-7-5-8-16-39)60(87)75-51(34-55(69)82)62(89)76-52(35-56(83)84)63(90)74-50(33-42-36-70-45-20-12-11-19-44(42)45)64(91)79-57(38(3)4)66(93)71-46(21-13-27-68)58(85)72-47/h5-12,15-20,23-26,36-38,46-54,57,70,81H,13-14,21-22,27-35,68H2,1-4H3,(H2,69,82)(H,71,93)(H,72,85)(H,73,88)(H,74,90)(H,75,87)(H,76,89)(H,77,92)(H,78,86)(H,79,91)(H,83,84)/t46-,47-,48?,49?,50+,51-,52-,53+,54-,57-/m1/s1. The van der Waals surface area contributed by atoms with Crippen LogP contribution in [-0.2, 0) is 83.2 Å². The van der Waals surface area contributed by atoms with Gasteiger partial charge < -0.3 is 79.4 Å². The highest BCUT2D eigenvalue weighted by Gasteiger charge is 2.42. The Morgan fingerprint density at radius 2 is 0.979 bits per heavy atom. The summed E-state index contributed by atoms with van der Waals surface area (Å²) >= 11 is 0. The highest BCUT2D eigenvalue weighted by Crippen LogP contribution is 2.23. The molecule has 502 valence electrons. The lowest BCUT2D eigenvalue weighted by atomic mass is 9.98. The van der Waals surface area contributed by atoms with Crippen LogP contribution in [0, 0.1) is 11.8 Å². The first-order chi connectivity index (χ1) is 44.9. The van der Waals surface area contributed by atoms with E-state index in [9.17, 15) is 63.0 Å². The minimum Gasteiger partial charge on any atom is -0.508 e. The average Bonchev–Trinajstić information content (AvgIpc) is 1.60. The summed E-state index contributed by atoms with van der Waals surface area (Å²) in [6.45, 7) is 6.93. The Kier molecular flexibility index (Phi) is 25.7. The molecule has 27 heteroatoms. The second kappa shape index (κ2) is 33.9. The largest absolute Gasteiger partial charge is 0.508 e. The Hall–Kier alpha value is -10.2. The topological polar surface area (TPSA) is 425 Å². The van der Waals surface area contributed by atoms with E-state index in [4.69, 9.17) is 11.5 Å². The first-order valence-electron chi connectivity index (χ1n) is 31.5. The van der Waals surface area contributed by atoms with E-state index < -0.39 is 150 Å². The van der Waals surface area contributed by atoms with Crippen molar-refractivity contribution >= 4 is 81.9 Å². The van der Waals surface area contributed by atoms with E-state index in [1.54, 1.807) is 131 Å². The summed E-state index contributed by atoms with van der Waals surface area (Å²) in [6.07, 6.45) is -0.659. The van der Waals surface area contributed by atoms with Gasteiger partial charge in [-0.2, -0.15) is 0 Å². The lowest BCUT2D eigenvalue weighted by Gasteiger charge is -2.32. The van der Waals surface area contributed by atoms with Gasteiger partial charge in [0.25, 0.3) is 0 Å². The monoisotopic (exact) mass is 1300 g/mol. The zero-order valence-corrected chi connectivity index (χ0v) is 53.0. The number of amides is 11. The highest BCUT2D eigenvalue weighted by molar-refractivity contribution is 6.01. The minimum atomic E-state index is -2.01. The van der Waals surface area contributed by atoms with Gasteiger partial charge in [0.05, 0.1) is 12.8 Å².